The molecule has 0 bridgehead atoms. The molecule has 27 rings (SSSR count). The summed E-state index contributed by atoms with van der Waals surface area (Å²) in [5.41, 5.74) is 44.8. The van der Waals surface area contributed by atoms with Gasteiger partial charge in [-0.15, -0.1) is 0 Å². The molecule has 0 atom stereocenters. The molecule has 3 aliphatic carbocycles. The van der Waals surface area contributed by atoms with Gasteiger partial charge in [-0.1, -0.05) is 437 Å². The maximum absolute atomic E-state index is 9.51. The van der Waals surface area contributed by atoms with Crippen LogP contribution in [0.4, 0.5) is 0 Å². The van der Waals surface area contributed by atoms with Gasteiger partial charge >= 0.3 is 0 Å². The highest BCUT2D eigenvalue weighted by atomic mass is 14.9. The zero-order valence-corrected chi connectivity index (χ0v) is 77.8. The summed E-state index contributed by atoms with van der Waals surface area (Å²) in [7, 11) is 0. The molecule has 666 valence electrons. The number of nitrogens with zero attached hydrogens (tertiary/aromatic N) is 9. The van der Waals surface area contributed by atoms with E-state index in [9.17, 15) is 15.8 Å². The van der Waals surface area contributed by atoms with E-state index in [-0.39, 0.29) is 0 Å². The lowest BCUT2D eigenvalue weighted by Crippen LogP contribution is -1.97. The van der Waals surface area contributed by atoms with E-state index >= 15 is 0 Å². The average molecular weight is 1830 g/mol. The first-order valence-corrected chi connectivity index (χ1v) is 48.2. The number of benzene rings is 21. The van der Waals surface area contributed by atoms with Crippen molar-refractivity contribution in [2.24, 2.45) is 0 Å². The number of hydrogen-bond acceptors (Lipinski definition) is 9. The van der Waals surface area contributed by atoms with Crippen molar-refractivity contribution in [2.45, 2.75) is 0 Å². The van der Waals surface area contributed by atoms with Crippen LogP contribution in [0.3, 0.4) is 0 Å². The Morgan fingerprint density at radius 3 is 0.590 bits per heavy atom. The van der Waals surface area contributed by atoms with Gasteiger partial charge in [0, 0.05) is 55.5 Å². The Labute approximate surface area is 833 Å². The van der Waals surface area contributed by atoms with E-state index in [4.69, 9.17) is 29.9 Å². The van der Waals surface area contributed by atoms with Crippen molar-refractivity contribution in [3.63, 3.8) is 0 Å². The number of aromatic nitrogens is 6. The normalized spacial score (nSPS) is 11.3. The second-order valence-electron chi connectivity index (χ2n) is 36.2. The van der Waals surface area contributed by atoms with Crippen molar-refractivity contribution in [1.29, 1.82) is 15.8 Å². The quantitative estimate of drug-likeness (QED) is 0.0978. The summed E-state index contributed by atoms with van der Waals surface area (Å²) in [6.07, 6.45) is 0. The first-order chi connectivity index (χ1) is 71.3. The molecule has 9 nitrogen and oxygen atoms in total. The molecule has 3 heterocycles. The summed E-state index contributed by atoms with van der Waals surface area (Å²) >= 11 is 0. The molecule has 3 aliphatic rings. The zero-order valence-electron chi connectivity index (χ0n) is 77.8. The number of nitriles is 3. The van der Waals surface area contributed by atoms with Gasteiger partial charge in [0.1, 0.15) is 0 Å². The SMILES string of the molecule is N#Cc1ccc(-c2ccc3c4c(ccc(-c5cc(-c6ccccc6)nc(-c6ccccc6)n5)c24)-c2ccccc2-3)cc1.N#Cc1ccc(-c2ccc3c4c(ccc(-c5ccc(-c6ccccc6-c6nc(-c7ccccc7)cc(-c7ccccc7)n6)cc5)c24)-c2ccccc2-3)cc1.N#Cc1ccc(-c2ccc3c4c(ccc(-c5ccccc5-c5cc(-c6ccccc6)nc(-c6ccccc6)n5)c24)-c2ccccc2-3)cc1. The van der Waals surface area contributed by atoms with Gasteiger partial charge in [-0.25, -0.2) is 29.9 Å². The Morgan fingerprint density at radius 1 is 0.118 bits per heavy atom. The molecule has 0 N–H and O–H groups in total. The van der Waals surface area contributed by atoms with E-state index in [2.05, 4.69) is 352 Å². The van der Waals surface area contributed by atoms with Crippen molar-refractivity contribution in [3.8, 4) is 253 Å². The molecule has 144 heavy (non-hydrogen) atoms. The molecule has 3 aromatic heterocycles. The van der Waals surface area contributed by atoms with Crippen LogP contribution < -0.4 is 0 Å². The first-order valence-electron chi connectivity index (χ1n) is 48.2. The summed E-state index contributed by atoms with van der Waals surface area (Å²) in [5, 5.41) is 35.7. The van der Waals surface area contributed by atoms with Crippen molar-refractivity contribution < 1.29 is 0 Å². The second kappa shape index (κ2) is 36.9. The van der Waals surface area contributed by atoms with Crippen LogP contribution in [-0.4, -0.2) is 29.9 Å². The fraction of sp³-hybridized carbons (Fsp3) is 0. The number of hydrogen-bond donors (Lipinski definition) is 0. The van der Waals surface area contributed by atoms with E-state index < -0.39 is 0 Å². The second-order valence-corrected chi connectivity index (χ2v) is 36.2. The third-order valence-corrected chi connectivity index (χ3v) is 27.9. The monoisotopic (exact) mass is 1830 g/mol. The predicted molar refractivity (Wildman–Crippen MR) is 588 cm³/mol. The van der Waals surface area contributed by atoms with Crippen LogP contribution in [-0.2, 0) is 0 Å². The highest BCUT2D eigenvalue weighted by Gasteiger charge is 2.31. The lowest BCUT2D eigenvalue weighted by Gasteiger charge is -2.18. The van der Waals surface area contributed by atoms with Crippen LogP contribution in [0.25, 0.3) is 268 Å². The number of rotatable bonds is 15. The fourth-order valence-corrected chi connectivity index (χ4v) is 21.2. The Morgan fingerprint density at radius 2 is 0.299 bits per heavy atom. The molecule has 9 heteroatoms. The Balaban J connectivity index is 0.000000114. The molecule has 0 unspecified atom stereocenters. The minimum atomic E-state index is 0.646. The van der Waals surface area contributed by atoms with Crippen LogP contribution in [0.1, 0.15) is 16.7 Å². The molecule has 0 aliphatic heterocycles. The Kier molecular flexibility index (Phi) is 22.0. The van der Waals surface area contributed by atoms with E-state index in [0.717, 1.165) is 151 Å². The maximum atomic E-state index is 9.51. The first kappa shape index (κ1) is 85.7. The van der Waals surface area contributed by atoms with Crippen LogP contribution in [0.15, 0.2) is 491 Å². The molecule has 0 amide bonds. The molecule has 0 radical (unpaired) electrons. The Hall–Kier alpha value is -19.9. The van der Waals surface area contributed by atoms with Gasteiger partial charge in [0.25, 0.3) is 0 Å². The standard InChI is InChI=1S/C51H31N3.C45H27N3.C39H23N3/c52-32-33-19-21-35(22-20-33)40-27-29-44-42-16-8-9-17-43(42)45-30-28-41(49(40)50(44)45)36-25-23-34(24-26-36)39-15-7-10-18-46(39)51-53-47(37-11-3-1-4-12-37)31-48(54-51)38-13-5-2-6-14-38;46-28-29-19-21-30(22-20-29)33-23-24-38-34-15-7-8-16-35(34)39-25-26-40(43(33)44(38)39)36-17-9-10-18-37(36)42-27-41(31-11-3-1-4-12-31)47-45(48-42)32-13-5-2-6-14-32;40-24-25-15-17-26(18-16-25)29-19-20-32-30-13-7-8-14-31(30)33-21-22-34(37(29)38(32)33)36-23-35(27-9-3-1-4-10-27)41-39(42-36)28-11-5-2-6-12-28/h1-31H;1-27H;1-23H. The van der Waals surface area contributed by atoms with Crippen LogP contribution in [0, 0.1) is 34.0 Å². The number of fused-ring (bicyclic) bond motifs is 9. The van der Waals surface area contributed by atoms with Crippen molar-refractivity contribution in [3.05, 3.63) is 508 Å². The van der Waals surface area contributed by atoms with E-state index in [1.54, 1.807) is 0 Å². The van der Waals surface area contributed by atoms with Crippen LogP contribution >= 0.6 is 0 Å². The third-order valence-electron chi connectivity index (χ3n) is 27.9. The molecule has 24 aromatic rings. The molecule has 0 fully saturated rings. The molecule has 0 saturated carbocycles. The van der Waals surface area contributed by atoms with Gasteiger partial charge in [-0.2, -0.15) is 15.8 Å². The van der Waals surface area contributed by atoms with Crippen LogP contribution in [0.5, 0.6) is 0 Å². The van der Waals surface area contributed by atoms with E-state index in [1.807, 2.05) is 158 Å². The largest absolute Gasteiger partial charge is 0.228 e. The predicted octanol–water partition coefficient (Wildman–Crippen LogP) is 34.5. The summed E-state index contributed by atoms with van der Waals surface area (Å²) in [4.78, 5) is 30.7. The summed E-state index contributed by atoms with van der Waals surface area (Å²) in [5.74, 6) is 2.07. The zero-order chi connectivity index (χ0) is 96.1. The van der Waals surface area contributed by atoms with E-state index in [0.29, 0.717) is 34.2 Å². The maximum Gasteiger partial charge on any atom is 0.161 e. The smallest absolute Gasteiger partial charge is 0.161 e. The van der Waals surface area contributed by atoms with Gasteiger partial charge in [-0.3, -0.25) is 0 Å². The summed E-state index contributed by atoms with van der Waals surface area (Å²) < 4.78 is 0. The van der Waals surface area contributed by atoms with Gasteiger partial charge < -0.3 is 0 Å². The molecular weight excluding hydrogens is 1750 g/mol. The van der Waals surface area contributed by atoms with Gasteiger partial charge in [0.05, 0.1) is 69.1 Å². The van der Waals surface area contributed by atoms with Gasteiger partial charge in [0.2, 0.25) is 0 Å². The third kappa shape index (κ3) is 15.6. The van der Waals surface area contributed by atoms with Crippen molar-refractivity contribution in [1.82, 2.24) is 29.9 Å². The average Bonchev–Trinajstić information content (AvgIpc) is 1.55. The van der Waals surface area contributed by atoms with Crippen molar-refractivity contribution in [2.75, 3.05) is 0 Å². The van der Waals surface area contributed by atoms with Crippen LogP contribution in [0.2, 0.25) is 0 Å². The lowest BCUT2D eigenvalue weighted by molar-refractivity contribution is 1.18. The molecular formula is C135H81N9. The minimum absolute atomic E-state index is 0.646. The van der Waals surface area contributed by atoms with Gasteiger partial charge in [-0.05, 0) is 215 Å². The topological polar surface area (TPSA) is 149 Å². The highest BCUT2D eigenvalue weighted by molar-refractivity contribution is 6.26. The Bertz CT molecular complexity index is 9080. The van der Waals surface area contributed by atoms with E-state index in [1.165, 1.54) is 99.3 Å². The summed E-state index contributed by atoms with van der Waals surface area (Å²) in [6.45, 7) is 0. The molecule has 0 saturated heterocycles. The summed E-state index contributed by atoms with van der Waals surface area (Å²) in [6, 6.07) is 177. The highest BCUT2D eigenvalue weighted by Crippen LogP contribution is 2.57. The lowest BCUT2D eigenvalue weighted by atomic mass is 9.86. The molecule has 21 aromatic carbocycles. The van der Waals surface area contributed by atoms with Crippen molar-refractivity contribution >= 4 is 32.3 Å². The van der Waals surface area contributed by atoms with Gasteiger partial charge in [0.15, 0.2) is 17.5 Å². The fourth-order valence-electron chi connectivity index (χ4n) is 21.2. The molecule has 0 spiro atoms. The minimum Gasteiger partial charge on any atom is -0.228 e.